The van der Waals surface area contributed by atoms with Gasteiger partial charge in [0.2, 0.25) is 0 Å². The van der Waals surface area contributed by atoms with Crippen LogP contribution in [0.2, 0.25) is 4.34 Å². The highest BCUT2D eigenvalue weighted by Gasteiger charge is 2.02. The van der Waals surface area contributed by atoms with Gasteiger partial charge in [-0.25, -0.2) is 4.79 Å². The maximum atomic E-state index is 11.3. The van der Waals surface area contributed by atoms with E-state index >= 15 is 0 Å². The third-order valence-corrected chi connectivity index (χ3v) is 3.73. The van der Waals surface area contributed by atoms with Crippen molar-refractivity contribution in [3.8, 4) is 0 Å². The summed E-state index contributed by atoms with van der Waals surface area (Å²) in [5.41, 5.74) is 1.68. The summed E-state index contributed by atoms with van der Waals surface area (Å²) in [6, 6.07) is 11.3. The quantitative estimate of drug-likeness (QED) is 0.849. The first-order valence-electron chi connectivity index (χ1n) is 6.19. The lowest BCUT2D eigenvalue weighted by atomic mass is 10.3. The molecule has 6 heteroatoms. The molecule has 0 saturated heterocycles. The van der Waals surface area contributed by atoms with E-state index in [1.807, 2.05) is 36.4 Å². The third kappa shape index (κ3) is 4.43. The minimum Gasteiger partial charge on any atom is -0.450 e. The second kappa shape index (κ2) is 7.17. The molecule has 4 nitrogen and oxygen atoms in total. The van der Waals surface area contributed by atoms with Crippen LogP contribution in [0, 0.1) is 0 Å². The standard InChI is InChI=1S/C14H15ClN2O2S/c1-2-19-14(18)17-11-5-3-10(4-6-11)16-9-12-7-8-13(15)20-12/h3-8,16H,2,9H2,1H3,(H,17,18). The molecule has 0 saturated carbocycles. The van der Waals surface area contributed by atoms with Crippen molar-refractivity contribution in [2.75, 3.05) is 17.2 Å². The SMILES string of the molecule is CCOC(=O)Nc1ccc(NCc2ccc(Cl)s2)cc1. The molecular weight excluding hydrogens is 296 g/mol. The summed E-state index contributed by atoms with van der Waals surface area (Å²) in [5, 5.41) is 5.93. The molecule has 0 fully saturated rings. The number of carbonyl (C=O) groups excluding carboxylic acids is 1. The van der Waals surface area contributed by atoms with E-state index in [2.05, 4.69) is 10.6 Å². The predicted molar refractivity (Wildman–Crippen MR) is 83.7 cm³/mol. The highest BCUT2D eigenvalue weighted by molar-refractivity contribution is 7.16. The molecule has 1 amide bonds. The average molecular weight is 311 g/mol. The molecule has 2 rings (SSSR count). The number of ether oxygens (including phenoxy) is 1. The number of halogens is 1. The molecule has 1 heterocycles. The Balaban J connectivity index is 1.86. The van der Waals surface area contributed by atoms with Crippen molar-refractivity contribution in [1.82, 2.24) is 0 Å². The zero-order valence-corrected chi connectivity index (χ0v) is 12.6. The number of thiophene rings is 1. The Morgan fingerprint density at radius 1 is 1.20 bits per heavy atom. The summed E-state index contributed by atoms with van der Waals surface area (Å²) in [6.45, 7) is 2.85. The Morgan fingerprint density at radius 3 is 2.50 bits per heavy atom. The van der Waals surface area contributed by atoms with Gasteiger partial charge in [0, 0.05) is 22.8 Å². The first-order valence-corrected chi connectivity index (χ1v) is 7.38. The van der Waals surface area contributed by atoms with Crippen LogP contribution in [0.15, 0.2) is 36.4 Å². The highest BCUT2D eigenvalue weighted by Crippen LogP contribution is 2.22. The van der Waals surface area contributed by atoms with E-state index in [4.69, 9.17) is 16.3 Å². The number of carbonyl (C=O) groups is 1. The smallest absolute Gasteiger partial charge is 0.411 e. The molecule has 0 aliphatic heterocycles. The summed E-state index contributed by atoms with van der Waals surface area (Å²) in [6.07, 6.45) is -0.443. The molecule has 106 valence electrons. The Bertz CT molecular complexity index is 569. The molecule has 1 aromatic heterocycles. The van der Waals surface area contributed by atoms with Gasteiger partial charge in [-0.2, -0.15) is 0 Å². The van der Waals surface area contributed by atoms with Crippen LogP contribution in [-0.4, -0.2) is 12.7 Å². The van der Waals surface area contributed by atoms with Crippen LogP contribution < -0.4 is 10.6 Å². The first kappa shape index (κ1) is 14.7. The second-order valence-corrected chi connectivity index (χ2v) is 5.78. The normalized spacial score (nSPS) is 10.1. The fourth-order valence-electron chi connectivity index (χ4n) is 1.59. The van der Waals surface area contributed by atoms with Crippen LogP contribution in [0.1, 0.15) is 11.8 Å². The van der Waals surface area contributed by atoms with E-state index in [0.29, 0.717) is 12.3 Å². The number of nitrogens with one attached hydrogen (secondary N) is 2. The largest absolute Gasteiger partial charge is 0.450 e. The van der Waals surface area contributed by atoms with Gasteiger partial charge >= 0.3 is 6.09 Å². The lowest BCUT2D eigenvalue weighted by molar-refractivity contribution is 0.168. The van der Waals surface area contributed by atoms with E-state index < -0.39 is 6.09 Å². The van der Waals surface area contributed by atoms with Crippen molar-refractivity contribution in [2.45, 2.75) is 13.5 Å². The number of amides is 1. The van der Waals surface area contributed by atoms with Crippen molar-refractivity contribution in [2.24, 2.45) is 0 Å². The summed E-state index contributed by atoms with van der Waals surface area (Å²) >= 11 is 7.43. The molecule has 1 aromatic carbocycles. The molecule has 20 heavy (non-hydrogen) atoms. The summed E-state index contributed by atoms with van der Waals surface area (Å²) in [7, 11) is 0. The minimum atomic E-state index is -0.443. The fourth-order valence-corrected chi connectivity index (χ4v) is 2.62. The van der Waals surface area contributed by atoms with Crippen LogP contribution in [0.5, 0.6) is 0 Å². The summed E-state index contributed by atoms with van der Waals surface area (Å²) in [4.78, 5) is 12.4. The Hall–Kier alpha value is -1.72. The molecule has 0 aliphatic carbocycles. The van der Waals surface area contributed by atoms with Crippen molar-refractivity contribution >= 4 is 40.4 Å². The lowest BCUT2D eigenvalue weighted by Gasteiger charge is -2.07. The van der Waals surface area contributed by atoms with Gasteiger partial charge in [-0.05, 0) is 43.3 Å². The Morgan fingerprint density at radius 2 is 1.90 bits per heavy atom. The van der Waals surface area contributed by atoms with Gasteiger partial charge in [-0.1, -0.05) is 11.6 Å². The van der Waals surface area contributed by atoms with E-state index in [-0.39, 0.29) is 0 Å². The maximum Gasteiger partial charge on any atom is 0.411 e. The zero-order chi connectivity index (χ0) is 14.4. The number of rotatable bonds is 5. The van der Waals surface area contributed by atoms with E-state index in [0.717, 1.165) is 16.6 Å². The average Bonchev–Trinajstić information content (AvgIpc) is 2.84. The molecule has 0 spiro atoms. The van der Waals surface area contributed by atoms with Crippen LogP contribution in [0.4, 0.5) is 16.2 Å². The topological polar surface area (TPSA) is 50.4 Å². The highest BCUT2D eigenvalue weighted by atomic mass is 35.5. The van der Waals surface area contributed by atoms with Crippen LogP contribution in [0.25, 0.3) is 0 Å². The third-order valence-electron chi connectivity index (χ3n) is 2.50. The predicted octanol–water partition coefficient (Wildman–Crippen LogP) is 4.58. The zero-order valence-electron chi connectivity index (χ0n) is 11.0. The molecule has 2 N–H and O–H groups in total. The molecule has 0 aliphatic rings. The molecule has 0 atom stereocenters. The fraction of sp³-hybridized carbons (Fsp3) is 0.214. The van der Waals surface area contributed by atoms with Crippen molar-refractivity contribution < 1.29 is 9.53 Å². The van der Waals surface area contributed by atoms with Crippen molar-refractivity contribution in [3.63, 3.8) is 0 Å². The number of hydrogen-bond donors (Lipinski definition) is 2. The number of benzene rings is 1. The van der Waals surface area contributed by atoms with E-state index in [9.17, 15) is 4.79 Å². The molecule has 0 radical (unpaired) electrons. The minimum absolute atomic E-state index is 0.356. The monoisotopic (exact) mass is 310 g/mol. The van der Waals surface area contributed by atoms with Gasteiger partial charge in [0.15, 0.2) is 0 Å². The van der Waals surface area contributed by atoms with Crippen molar-refractivity contribution in [3.05, 3.63) is 45.6 Å². The van der Waals surface area contributed by atoms with Gasteiger partial charge in [-0.3, -0.25) is 5.32 Å². The lowest BCUT2D eigenvalue weighted by Crippen LogP contribution is -2.13. The molecule has 2 aromatic rings. The van der Waals surface area contributed by atoms with Crippen LogP contribution in [-0.2, 0) is 11.3 Å². The first-order chi connectivity index (χ1) is 9.67. The van der Waals surface area contributed by atoms with Gasteiger partial charge in [-0.15, -0.1) is 11.3 Å². The summed E-state index contributed by atoms with van der Waals surface area (Å²) < 4.78 is 5.59. The van der Waals surface area contributed by atoms with Gasteiger partial charge in [0.1, 0.15) is 0 Å². The maximum absolute atomic E-state index is 11.3. The van der Waals surface area contributed by atoms with Crippen molar-refractivity contribution in [1.29, 1.82) is 0 Å². The second-order valence-electron chi connectivity index (χ2n) is 3.98. The number of hydrogen-bond acceptors (Lipinski definition) is 4. The van der Waals surface area contributed by atoms with Crippen LogP contribution >= 0.6 is 22.9 Å². The Kier molecular flexibility index (Phi) is 5.26. The Labute approximate surface area is 126 Å². The van der Waals surface area contributed by atoms with Gasteiger partial charge in [0.25, 0.3) is 0 Å². The number of anilines is 2. The van der Waals surface area contributed by atoms with E-state index in [1.54, 1.807) is 18.3 Å². The molecular formula is C14H15ClN2O2S. The molecule has 0 bridgehead atoms. The van der Waals surface area contributed by atoms with Crippen LogP contribution in [0.3, 0.4) is 0 Å². The summed E-state index contributed by atoms with van der Waals surface area (Å²) in [5.74, 6) is 0. The van der Waals surface area contributed by atoms with Gasteiger partial charge in [0.05, 0.1) is 10.9 Å². The molecule has 0 unspecified atom stereocenters. The van der Waals surface area contributed by atoms with Gasteiger partial charge < -0.3 is 10.1 Å². The van der Waals surface area contributed by atoms with E-state index in [1.165, 1.54) is 4.88 Å².